The fourth-order valence-electron chi connectivity index (χ4n) is 1.77. The third-order valence-corrected chi connectivity index (χ3v) is 2.74. The maximum atomic E-state index is 5.90. The van der Waals surface area contributed by atoms with Gasteiger partial charge in [0.25, 0.3) is 0 Å². The van der Waals surface area contributed by atoms with Crippen molar-refractivity contribution in [2.24, 2.45) is 0 Å². The van der Waals surface area contributed by atoms with E-state index in [-0.39, 0.29) is 6.10 Å². The summed E-state index contributed by atoms with van der Waals surface area (Å²) in [5.41, 5.74) is 2.44. The summed E-state index contributed by atoms with van der Waals surface area (Å²) in [6.45, 7) is 4.69. The molecule has 1 aliphatic heterocycles. The van der Waals surface area contributed by atoms with Crippen LogP contribution in [0.1, 0.15) is 17.2 Å². The Morgan fingerprint density at radius 1 is 1.50 bits per heavy atom. The Labute approximate surface area is 89.2 Å². The molecule has 0 aromatic heterocycles. The first-order chi connectivity index (χ1) is 6.77. The largest absolute Gasteiger partial charge is 0.371 e. The van der Waals surface area contributed by atoms with Gasteiger partial charge in [0.05, 0.1) is 12.7 Å². The molecule has 14 heavy (non-hydrogen) atoms. The number of rotatable bonds is 1. The Bertz CT molecular complexity index is 321. The molecule has 1 atom stereocenters. The Morgan fingerprint density at radius 3 is 3.00 bits per heavy atom. The molecule has 0 spiro atoms. The van der Waals surface area contributed by atoms with Gasteiger partial charge in [-0.2, -0.15) is 0 Å². The van der Waals surface area contributed by atoms with E-state index < -0.39 is 0 Å². The Balaban J connectivity index is 2.22. The highest BCUT2D eigenvalue weighted by atomic mass is 35.5. The quantitative estimate of drug-likeness (QED) is 0.770. The number of nitrogens with one attached hydrogen (secondary N) is 1. The second-order valence-corrected chi connectivity index (χ2v) is 4.00. The lowest BCUT2D eigenvalue weighted by Gasteiger charge is -2.25. The van der Waals surface area contributed by atoms with Crippen LogP contribution in [0.15, 0.2) is 18.2 Å². The van der Waals surface area contributed by atoms with E-state index in [2.05, 4.69) is 18.3 Å². The monoisotopic (exact) mass is 211 g/mol. The molecular formula is C11H14ClNO. The molecule has 2 rings (SSSR count). The molecule has 1 aromatic rings. The van der Waals surface area contributed by atoms with E-state index in [4.69, 9.17) is 16.3 Å². The second-order valence-electron chi connectivity index (χ2n) is 3.56. The van der Waals surface area contributed by atoms with Crippen LogP contribution in [0.2, 0.25) is 5.02 Å². The molecule has 1 aliphatic rings. The third-order valence-electron chi connectivity index (χ3n) is 2.51. The van der Waals surface area contributed by atoms with Crippen molar-refractivity contribution in [3.8, 4) is 0 Å². The third kappa shape index (κ3) is 2.08. The standard InChI is InChI=1S/C11H14ClNO/c1-8-6-9(12)2-3-10(8)11-7-13-4-5-14-11/h2-3,6,11,13H,4-5,7H2,1H3. The predicted molar refractivity (Wildman–Crippen MR) is 57.8 cm³/mol. The Morgan fingerprint density at radius 2 is 2.36 bits per heavy atom. The molecule has 0 bridgehead atoms. The van der Waals surface area contributed by atoms with Crippen molar-refractivity contribution in [1.82, 2.24) is 5.32 Å². The van der Waals surface area contributed by atoms with E-state index in [0.717, 1.165) is 24.7 Å². The van der Waals surface area contributed by atoms with Crippen molar-refractivity contribution in [3.05, 3.63) is 34.3 Å². The zero-order chi connectivity index (χ0) is 9.97. The number of hydrogen-bond donors (Lipinski definition) is 1. The minimum Gasteiger partial charge on any atom is -0.371 e. The van der Waals surface area contributed by atoms with Gasteiger partial charge in [-0.25, -0.2) is 0 Å². The maximum Gasteiger partial charge on any atom is 0.0952 e. The van der Waals surface area contributed by atoms with E-state index in [1.54, 1.807) is 0 Å². The molecule has 3 heteroatoms. The van der Waals surface area contributed by atoms with Crippen molar-refractivity contribution in [1.29, 1.82) is 0 Å². The van der Waals surface area contributed by atoms with Crippen molar-refractivity contribution >= 4 is 11.6 Å². The van der Waals surface area contributed by atoms with Gasteiger partial charge in [0.15, 0.2) is 0 Å². The summed E-state index contributed by atoms with van der Waals surface area (Å²) in [5.74, 6) is 0. The number of morpholine rings is 1. The van der Waals surface area contributed by atoms with Crippen LogP contribution in [0.4, 0.5) is 0 Å². The summed E-state index contributed by atoms with van der Waals surface area (Å²) in [5, 5.41) is 4.10. The molecule has 0 amide bonds. The van der Waals surface area contributed by atoms with Gasteiger partial charge in [0.1, 0.15) is 0 Å². The smallest absolute Gasteiger partial charge is 0.0952 e. The highest BCUT2D eigenvalue weighted by Crippen LogP contribution is 2.24. The molecule has 0 aliphatic carbocycles. The summed E-state index contributed by atoms with van der Waals surface area (Å²) in [7, 11) is 0. The number of halogens is 1. The van der Waals surface area contributed by atoms with Crippen molar-refractivity contribution in [3.63, 3.8) is 0 Å². The second kappa shape index (κ2) is 4.30. The molecule has 1 fully saturated rings. The molecule has 1 N–H and O–H groups in total. The lowest BCUT2D eigenvalue weighted by atomic mass is 10.0. The first-order valence-electron chi connectivity index (χ1n) is 4.86. The topological polar surface area (TPSA) is 21.3 Å². The minimum absolute atomic E-state index is 0.181. The summed E-state index contributed by atoms with van der Waals surface area (Å²) in [6.07, 6.45) is 0.181. The minimum atomic E-state index is 0.181. The van der Waals surface area contributed by atoms with Crippen LogP contribution in [0.25, 0.3) is 0 Å². The summed E-state index contributed by atoms with van der Waals surface area (Å²) >= 11 is 5.90. The SMILES string of the molecule is Cc1cc(Cl)ccc1C1CNCCO1. The van der Waals surface area contributed by atoms with Crippen LogP contribution in [0.3, 0.4) is 0 Å². The molecule has 0 radical (unpaired) electrons. The van der Waals surface area contributed by atoms with E-state index in [9.17, 15) is 0 Å². The van der Waals surface area contributed by atoms with Crippen LogP contribution in [0.5, 0.6) is 0 Å². The zero-order valence-electron chi connectivity index (χ0n) is 8.22. The maximum absolute atomic E-state index is 5.90. The molecular weight excluding hydrogens is 198 g/mol. The highest BCUT2D eigenvalue weighted by Gasteiger charge is 2.17. The number of benzene rings is 1. The molecule has 1 unspecified atom stereocenters. The summed E-state index contributed by atoms with van der Waals surface area (Å²) < 4.78 is 5.68. The van der Waals surface area contributed by atoms with E-state index in [0.29, 0.717) is 0 Å². The van der Waals surface area contributed by atoms with Crippen molar-refractivity contribution in [2.75, 3.05) is 19.7 Å². The molecule has 1 saturated heterocycles. The summed E-state index contributed by atoms with van der Waals surface area (Å²) in [6, 6.07) is 5.95. The van der Waals surface area contributed by atoms with Crippen LogP contribution in [0, 0.1) is 6.92 Å². The number of aryl methyl sites for hydroxylation is 1. The lowest BCUT2D eigenvalue weighted by Crippen LogP contribution is -2.33. The Kier molecular flexibility index (Phi) is 3.06. The van der Waals surface area contributed by atoms with Gasteiger partial charge in [-0.15, -0.1) is 0 Å². The number of ether oxygens (including phenoxy) is 1. The Hall–Kier alpha value is -0.570. The molecule has 2 nitrogen and oxygen atoms in total. The van der Waals surface area contributed by atoms with E-state index in [1.165, 1.54) is 11.1 Å². The van der Waals surface area contributed by atoms with Crippen LogP contribution >= 0.6 is 11.6 Å². The van der Waals surface area contributed by atoms with Gasteiger partial charge in [-0.3, -0.25) is 0 Å². The predicted octanol–water partition coefficient (Wildman–Crippen LogP) is 2.31. The number of hydrogen-bond acceptors (Lipinski definition) is 2. The van der Waals surface area contributed by atoms with Crippen LogP contribution < -0.4 is 5.32 Å². The average molecular weight is 212 g/mol. The van der Waals surface area contributed by atoms with E-state index >= 15 is 0 Å². The first-order valence-corrected chi connectivity index (χ1v) is 5.23. The molecule has 1 heterocycles. The van der Waals surface area contributed by atoms with Gasteiger partial charge in [0, 0.05) is 18.1 Å². The molecule has 0 saturated carbocycles. The molecule has 1 aromatic carbocycles. The van der Waals surface area contributed by atoms with Crippen molar-refractivity contribution in [2.45, 2.75) is 13.0 Å². The zero-order valence-corrected chi connectivity index (χ0v) is 8.97. The fraction of sp³-hybridized carbons (Fsp3) is 0.455. The van der Waals surface area contributed by atoms with Gasteiger partial charge < -0.3 is 10.1 Å². The van der Waals surface area contributed by atoms with Crippen molar-refractivity contribution < 1.29 is 4.74 Å². The van der Waals surface area contributed by atoms with Gasteiger partial charge >= 0.3 is 0 Å². The normalized spacial score (nSPS) is 22.3. The lowest BCUT2D eigenvalue weighted by molar-refractivity contribution is 0.0273. The van der Waals surface area contributed by atoms with Crippen LogP contribution in [-0.2, 0) is 4.74 Å². The molecule has 76 valence electrons. The van der Waals surface area contributed by atoms with E-state index in [1.807, 2.05) is 12.1 Å². The van der Waals surface area contributed by atoms with Crippen LogP contribution in [-0.4, -0.2) is 19.7 Å². The van der Waals surface area contributed by atoms with Gasteiger partial charge in [0.2, 0.25) is 0 Å². The average Bonchev–Trinajstić information content (AvgIpc) is 2.19. The van der Waals surface area contributed by atoms with Gasteiger partial charge in [-0.05, 0) is 30.2 Å². The highest BCUT2D eigenvalue weighted by molar-refractivity contribution is 6.30. The first kappa shape index (κ1) is 9.97. The van der Waals surface area contributed by atoms with Gasteiger partial charge in [-0.1, -0.05) is 17.7 Å². The summed E-state index contributed by atoms with van der Waals surface area (Å²) in [4.78, 5) is 0. The fourth-order valence-corrected chi connectivity index (χ4v) is 1.99.